The molecule has 0 fully saturated rings. The zero-order valence-electron chi connectivity index (χ0n) is 14.3. The molecule has 0 saturated heterocycles. The van der Waals surface area contributed by atoms with Crippen molar-refractivity contribution >= 4 is 5.97 Å². The normalized spacial score (nSPS) is 11.9. The van der Waals surface area contributed by atoms with Crippen molar-refractivity contribution in [2.24, 2.45) is 0 Å². The van der Waals surface area contributed by atoms with Gasteiger partial charge in [0.2, 0.25) is 0 Å². The zero-order chi connectivity index (χ0) is 17.2. The molecule has 0 aliphatic rings. The first kappa shape index (κ1) is 18.2. The summed E-state index contributed by atoms with van der Waals surface area (Å²) in [6, 6.07) is 18.6. The summed E-state index contributed by atoms with van der Waals surface area (Å²) in [6.45, 7) is 0. The van der Waals surface area contributed by atoms with Crippen molar-refractivity contribution in [3.05, 3.63) is 71.3 Å². The van der Waals surface area contributed by atoms with E-state index in [0.717, 1.165) is 31.2 Å². The van der Waals surface area contributed by atoms with Crippen molar-refractivity contribution in [3.8, 4) is 0 Å². The molecule has 0 heterocycles. The van der Waals surface area contributed by atoms with Gasteiger partial charge in [-0.05, 0) is 48.8 Å². The maximum absolute atomic E-state index is 11.0. The largest absolute Gasteiger partial charge is 0.469 e. The molecule has 1 unspecified atom stereocenters. The summed E-state index contributed by atoms with van der Waals surface area (Å²) in [6.07, 6.45) is 4.20. The van der Waals surface area contributed by atoms with Crippen molar-refractivity contribution in [1.82, 2.24) is 0 Å². The third-order valence-corrected chi connectivity index (χ3v) is 4.25. The lowest BCUT2D eigenvalue weighted by atomic mass is 9.99. The second kappa shape index (κ2) is 9.89. The Morgan fingerprint density at radius 3 is 2.21 bits per heavy atom. The van der Waals surface area contributed by atoms with Gasteiger partial charge in [0, 0.05) is 6.42 Å². The number of carbonyl (C=O) groups is 1. The number of aliphatic hydroxyl groups excluding tert-OH is 1. The van der Waals surface area contributed by atoms with Crippen molar-refractivity contribution in [3.63, 3.8) is 0 Å². The SMILES string of the molecule is COC(=O)CCCCC(O)c1ccc(CCc2ccccc2)cc1. The number of hydrogen-bond donors (Lipinski definition) is 1. The van der Waals surface area contributed by atoms with Crippen LogP contribution in [0.2, 0.25) is 0 Å². The highest BCUT2D eigenvalue weighted by atomic mass is 16.5. The van der Waals surface area contributed by atoms with E-state index in [4.69, 9.17) is 0 Å². The fraction of sp³-hybridized carbons (Fsp3) is 0.381. The van der Waals surface area contributed by atoms with Crippen molar-refractivity contribution in [2.75, 3.05) is 7.11 Å². The smallest absolute Gasteiger partial charge is 0.305 e. The van der Waals surface area contributed by atoms with Crippen LogP contribution in [0.4, 0.5) is 0 Å². The lowest BCUT2D eigenvalue weighted by molar-refractivity contribution is -0.140. The number of hydrogen-bond acceptors (Lipinski definition) is 3. The molecule has 1 atom stereocenters. The Morgan fingerprint density at radius 1 is 0.958 bits per heavy atom. The predicted molar refractivity (Wildman–Crippen MR) is 95.7 cm³/mol. The highest BCUT2D eigenvalue weighted by Crippen LogP contribution is 2.20. The molecule has 2 aromatic rings. The van der Waals surface area contributed by atoms with Gasteiger partial charge in [-0.15, -0.1) is 0 Å². The van der Waals surface area contributed by atoms with Crippen LogP contribution in [0.5, 0.6) is 0 Å². The second-order valence-electron chi connectivity index (χ2n) is 6.06. The summed E-state index contributed by atoms with van der Waals surface area (Å²) in [5, 5.41) is 10.2. The molecule has 0 saturated carbocycles. The van der Waals surface area contributed by atoms with Crippen LogP contribution < -0.4 is 0 Å². The summed E-state index contributed by atoms with van der Waals surface area (Å²) in [7, 11) is 1.40. The predicted octanol–water partition coefficient (Wildman–Crippen LogP) is 4.24. The van der Waals surface area contributed by atoms with Gasteiger partial charge in [-0.1, -0.05) is 54.6 Å². The van der Waals surface area contributed by atoms with Crippen LogP contribution in [0.3, 0.4) is 0 Å². The molecule has 2 rings (SSSR count). The van der Waals surface area contributed by atoms with Gasteiger partial charge >= 0.3 is 5.97 Å². The number of esters is 1. The molecule has 0 aliphatic carbocycles. The third kappa shape index (κ3) is 6.17. The number of methoxy groups -OCH3 is 1. The van der Waals surface area contributed by atoms with Gasteiger partial charge in [-0.3, -0.25) is 4.79 Å². The fourth-order valence-corrected chi connectivity index (χ4v) is 2.72. The van der Waals surface area contributed by atoms with Crippen LogP contribution in [-0.2, 0) is 22.4 Å². The Kier molecular flexibility index (Phi) is 7.50. The van der Waals surface area contributed by atoms with Crippen LogP contribution in [0.15, 0.2) is 54.6 Å². The summed E-state index contributed by atoms with van der Waals surface area (Å²) in [4.78, 5) is 11.0. The first-order valence-corrected chi connectivity index (χ1v) is 8.56. The molecule has 0 aliphatic heterocycles. The van der Waals surface area contributed by atoms with Crippen molar-refractivity contribution in [1.29, 1.82) is 0 Å². The third-order valence-electron chi connectivity index (χ3n) is 4.25. The van der Waals surface area contributed by atoms with Gasteiger partial charge in [-0.2, -0.15) is 0 Å². The van der Waals surface area contributed by atoms with Crippen LogP contribution >= 0.6 is 0 Å². The van der Waals surface area contributed by atoms with Gasteiger partial charge in [-0.25, -0.2) is 0 Å². The molecule has 0 amide bonds. The Hall–Kier alpha value is -2.13. The van der Waals surface area contributed by atoms with Gasteiger partial charge in [0.05, 0.1) is 13.2 Å². The van der Waals surface area contributed by atoms with E-state index in [0.29, 0.717) is 12.8 Å². The van der Waals surface area contributed by atoms with Crippen LogP contribution in [0.25, 0.3) is 0 Å². The minimum atomic E-state index is -0.467. The molecule has 0 radical (unpaired) electrons. The molecule has 0 aromatic heterocycles. The molecule has 1 N–H and O–H groups in total. The molecule has 128 valence electrons. The van der Waals surface area contributed by atoms with E-state index in [1.807, 2.05) is 18.2 Å². The standard InChI is InChI=1S/C21H26O3/c1-24-21(23)10-6-5-9-20(22)19-15-13-18(14-16-19)12-11-17-7-3-2-4-8-17/h2-4,7-8,13-16,20,22H,5-6,9-12H2,1H3. The van der Waals surface area contributed by atoms with Crippen molar-refractivity contribution in [2.45, 2.75) is 44.6 Å². The van der Waals surface area contributed by atoms with Crippen LogP contribution in [0, 0.1) is 0 Å². The second-order valence-corrected chi connectivity index (χ2v) is 6.06. The zero-order valence-corrected chi connectivity index (χ0v) is 14.3. The number of carbonyl (C=O) groups excluding carboxylic acids is 1. The number of aliphatic hydroxyl groups is 1. The van der Waals surface area contributed by atoms with Crippen LogP contribution in [0.1, 0.15) is 48.5 Å². The van der Waals surface area contributed by atoms with E-state index in [1.54, 1.807) is 0 Å². The summed E-state index contributed by atoms with van der Waals surface area (Å²) in [5.74, 6) is -0.188. The maximum Gasteiger partial charge on any atom is 0.305 e. The highest BCUT2D eigenvalue weighted by molar-refractivity contribution is 5.68. The average Bonchev–Trinajstić information content (AvgIpc) is 2.64. The molecule has 24 heavy (non-hydrogen) atoms. The topological polar surface area (TPSA) is 46.5 Å². The van der Waals surface area contributed by atoms with E-state index in [9.17, 15) is 9.90 Å². The molecule has 3 nitrogen and oxygen atoms in total. The monoisotopic (exact) mass is 326 g/mol. The molecule has 3 heteroatoms. The van der Waals surface area contributed by atoms with E-state index in [2.05, 4.69) is 41.1 Å². The Morgan fingerprint density at radius 2 is 1.58 bits per heavy atom. The van der Waals surface area contributed by atoms with Gasteiger partial charge in [0.15, 0.2) is 0 Å². The molecule has 2 aromatic carbocycles. The van der Waals surface area contributed by atoms with E-state index in [1.165, 1.54) is 18.2 Å². The summed E-state index contributed by atoms with van der Waals surface area (Å²) < 4.78 is 4.61. The van der Waals surface area contributed by atoms with Gasteiger partial charge in [0.1, 0.15) is 0 Å². The number of ether oxygens (including phenoxy) is 1. The molecule has 0 spiro atoms. The fourth-order valence-electron chi connectivity index (χ4n) is 2.72. The lowest BCUT2D eigenvalue weighted by Gasteiger charge is -2.11. The average molecular weight is 326 g/mol. The lowest BCUT2D eigenvalue weighted by Crippen LogP contribution is -2.01. The molecular weight excluding hydrogens is 300 g/mol. The molecular formula is C21H26O3. The Balaban J connectivity index is 1.75. The number of unbranched alkanes of at least 4 members (excludes halogenated alkanes) is 1. The van der Waals surface area contributed by atoms with Crippen molar-refractivity contribution < 1.29 is 14.6 Å². The van der Waals surface area contributed by atoms with Gasteiger partial charge in [0.25, 0.3) is 0 Å². The van der Waals surface area contributed by atoms with E-state index < -0.39 is 6.10 Å². The molecule has 0 bridgehead atoms. The van der Waals surface area contributed by atoms with E-state index in [-0.39, 0.29) is 5.97 Å². The summed E-state index contributed by atoms with van der Waals surface area (Å²) in [5.41, 5.74) is 3.56. The minimum absolute atomic E-state index is 0.188. The first-order chi connectivity index (χ1) is 11.7. The Bertz CT molecular complexity index is 605. The number of benzene rings is 2. The Labute approximate surface area is 144 Å². The number of aryl methyl sites for hydroxylation is 2. The first-order valence-electron chi connectivity index (χ1n) is 8.56. The minimum Gasteiger partial charge on any atom is -0.469 e. The number of rotatable bonds is 9. The summed E-state index contributed by atoms with van der Waals surface area (Å²) >= 11 is 0. The van der Waals surface area contributed by atoms with Gasteiger partial charge < -0.3 is 9.84 Å². The maximum atomic E-state index is 11.0. The highest BCUT2D eigenvalue weighted by Gasteiger charge is 2.08. The van der Waals surface area contributed by atoms with E-state index >= 15 is 0 Å². The van der Waals surface area contributed by atoms with Crippen LogP contribution in [-0.4, -0.2) is 18.2 Å². The quantitative estimate of drug-likeness (QED) is 0.554.